The molecule has 6 heteroatoms. The van der Waals surface area contributed by atoms with E-state index in [4.69, 9.17) is 9.47 Å². The fraction of sp³-hybridized carbons (Fsp3) is 0.429. The number of hydrogen-bond donors (Lipinski definition) is 2. The molecule has 6 nitrogen and oxygen atoms in total. The SMILES string of the molecule is CCOC(=O)Nc1nc2ccc(OCC(C)C)cc2[nH]1. The first-order valence-corrected chi connectivity index (χ1v) is 6.65. The highest BCUT2D eigenvalue weighted by Crippen LogP contribution is 2.21. The number of benzene rings is 1. The van der Waals surface area contributed by atoms with Crippen molar-refractivity contribution in [2.24, 2.45) is 5.92 Å². The van der Waals surface area contributed by atoms with E-state index in [0.29, 0.717) is 25.1 Å². The van der Waals surface area contributed by atoms with Crippen LogP contribution in [0.1, 0.15) is 20.8 Å². The number of fused-ring (bicyclic) bond motifs is 1. The molecule has 0 saturated heterocycles. The second-order valence-corrected chi connectivity index (χ2v) is 4.81. The van der Waals surface area contributed by atoms with E-state index >= 15 is 0 Å². The number of amides is 1. The van der Waals surface area contributed by atoms with Gasteiger partial charge in [0.05, 0.1) is 24.2 Å². The Balaban J connectivity index is 2.11. The van der Waals surface area contributed by atoms with E-state index < -0.39 is 6.09 Å². The van der Waals surface area contributed by atoms with E-state index in [0.717, 1.165) is 16.8 Å². The predicted molar refractivity (Wildman–Crippen MR) is 77.1 cm³/mol. The van der Waals surface area contributed by atoms with E-state index in [1.54, 1.807) is 6.92 Å². The molecule has 1 amide bonds. The maximum absolute atomic E-state index is 11.3. The summed E-state index contributed by atoms with van der Waals surface area (Å²) in [6, 6.07) is 5.57. The molecule has 0 fully saturated rings. The number of H-pyrrole nitrogens is 1. The summed E-state index contributed by atoms with van der Waals surface area (Å²) >= 11 is 0. The summed E-state index contributed by atoms with van der Waals surface area (Å²) in [5.41, 5.74) is 1.56. The van der Waals surface area contributed by atoms with Crippen molar-refractivity contribution in [3.63, 3.8) is 0 Å². The Bertz CT molecular complexity index is 592. The molecule has 2 rings (SSSR count). The van der Waals surface area contributed by atoms with Gasteiger partial charge in [-0.25, -0.2) is 9.78 Å². The molecule has 0 aliphatic heterocycles. The number of aromatic amines is 1. The lowest BCUT2D eigenvalue weighted by Gasteiger charge is -2.07. The van der Waals surface area contributed by atoms with Gasteiger partial charge in [-0.2, -0.15) is 0 Å². The number of aromatic nitrogens is 2. The van der Waals surface area contributed by atoms with Gasteiger partial charge in [-0.05, 0) is 25.0 Å². The van der Waals surface area contributed by atoms with E-state index in [1.165, 1.54) is 0 Å². The molecule has 0 aliphatic carbocycles. The lowest BCUT2D eigenvalue weighted by molar-refractivity contribution is 0.167. The Hall–Kier alpha value is -2.24. The van der Waals surface area contributed by atoms with Crippen molar-refractivity contribution >= 4 is 23.1 Å². The minimum absolute atomic E-state index is 0.319. The fourth-order valence-electron chi connectivity index (χ4n) is 1.66. The van der Waals surface area contributed by atoms with Gasteiger partial charge < -0.3 is 14.5 Å². The highest BCUT2D eigenvalue weighted by molar-refractivity contribution is 5.86. The molecule has 2 N–H and O–H groups in total. The van der Waals surface area contributed by atoms with Gasteiger partial charge in [0.25, 0.3) is 0 Å². The first-order chi connectivity index (χ1) is 9.58. The zero-order chi connectivity index (χ0) is 14.5. The van der Waals surface area contributed by atoms with Crippen molar-refractivity contribution in [2.75, 3.05) is 18.5 Å². The Morgan fingerprint density at radius 2 is 2.25 bits per heavy atom. The number of imidazole rings is 1. The molecule has 0 bridgehead atoms. The standard InChI is InChI=1S/C14H19N3O3/c1-4-19-14(18)17-13-15-11-6-5-10(7-12(11)16-13)20-8-9(2)3/h5-7,9H,4,8H2,1-3H3,(H2,15,16,17,18). The van der Waals surface area contributed by atoms with Crippen molar-refractivity contribution in [3.8, 4) is 5.75 Å². The third-order valence-electron chi connectivity index (χ3n) is 2.53. The molecule has 1 aromatic heterocycles. The normalized spacial score (nSPS) is 10.8. The van der Waals surface area contributed by atoms with Gasteiger partial charge in [0.15, 0.2) is 0 Å². The van der Waals surface area contributed by atoms with Crippen molar-refractivity contribution in [2.45, 2.75) is 20.8 Å². The third-order valence-corrected chi connectivity index (χ3v) is 2.53. The van der Waals surface area contributed by atoms with E-state index in [9.17, 15) is 4.79 Å². The Morgan fingerprint density at radius 3 is 2.95 bits per heavy atom. The average Bonchev–Trinajstić information content (AvgIpc) is 2.77. The Labute approximate surface area is 117 Å². The number of nitrogens with zero attached hydrogens (tertiary/aromatic N) is 1. The third kappa shape index (κ3) is 3.63. The van der Waals surface area contributed by atoms with E-state index in [2.05, 4.69) is 29.1 Å². The second-order valence-electron chi connectivity index (χ2n) is 4.81. The van der Waals surface area contributed by atoms with Crippen LogP contribution in [0.15, 0.2) is 18.2 Å². The zero-order valence-electron chi connectivity index (χ0n) is 11.9. The highest BCUT2D eigenvalue weighted by atomic mass is 16.5. The van der Waals surface area contributed by atoms with Crippen molar-refractivity contribution in [3.05, 3.63) is 18.2 Å². The average molecular weight is 277 g/mol. The molecule has 0 radical (unpaired) electrons. The van der Waals surface area contributed by atoms with Gasteiger partial charge >= 0.3 is 6.09 Å². The zero-order valence-corrected chi connectivity index (χ0v) is 11.9. The molecule has 1 heterocycles. The molecule has 108 valence electrons. The summed E-state index contributed by atoms with van der Waals surface area (Å²) in [6.07, 6.45) is -0.525. The summed E-state index contributed by atoms with van der Waals surface area (Å²) in [7, 11) is 0. The number of carbonyl (C=O) groups is 1. The minimum atomic E-state index is -0.525. The number of rotatable bonds is 5. The van der Waals surface area contributed by atoms with Gasteiger partial charge in [0, 0.05) is 6.07 Å². The molecule has 0 saturated carbocycles. The summed E-state index contributed by atoms with van der Waals surface area (Å²) in [4.78, 5) is 18.6. The number of carbonyl (C=O) groups excluding carboxylic acids is 1. The van der Waals surface area contributed by atoms with Crippen LogP contribution in [0, 0.1) is 5.92 Å². The van der Waals surface area contributed by atoms with Crippen LogP contribution in [-0.2, 0) is 4.74 Å². The molecule has 0 atom stereocenters. The van der Waals surface area contributed by atoms with Crippen LogP contribution >= 0.6 is 0 Å². The van der Waals surface area contributed by atoms with E-state index in [-0.39, 0.29) is 0 Å². The molecule has 20 heavy (non-hydrogen) atoms. The topological polar surface area (TPSA) is 76.2 Å². The van der Waals surface area contributed by atoms with Crippen LogP contribution in [0.4, 0.5) is 10.7 Å². The smallest absolute Gasteiger partial charge is 0.413 e. The summed E-state index contributed by atoms with van der Waals surface area (Å²) in [5, 5.41) is 2.53. The summed E-state index contributed by atoms with van der Waals surface area (Å²) < 4.78 is 10.4. The molecule has 2 aromatic rings. The highest BCUT2D eigenvalue weighted by Gasteiger charge is 2.08. The maximum atomic E-state index is 11.3. The first kappa shape index (κ1) is 14.2. The summed E-state index contributed by atoms with van der Waals surface area (Å²) in [6.45, 7) is 6.91. The lowest BCUT2D eigenvalue weighted by Crippen LogP contribution is -2.14. The lowest BCUT2D eigenvalue weighted by atomic mass is 10.2. The quantitative estimate of drug-likeness (QED) is 0.880. The molecule has 0 unspecified atom stereocenters. The van der Waals surface area contributed by atoms with Crippen LogP contribution in [0.2, 0.25) is 0 Å². The van der Waals surface area contributed by atoms with Gasteiger partial charge in [-0.1, -0.05) is 13.8 Å². The molecule has 1 aromatic carbocycles. The number of ether oxygens (including phenoxy) is 2. The number of anilines is 1. The van der Waals surface area contributed by atoms with Crippen molar-refractivity contribution < 1.29 is 14.3 Å². The van der Waals surface area contributed by atoms with Gasteiger partial charge in [-0.15, -0.1) is 0 Å². The Kier molecular flexibility index (Phi) is 4.45. The van der Waals surface area contributed by atoms with Crippen LogP contribution in [-0.4, -0.2) is 29.3 Å². The minimum Gasteiger partial charge on any atom is -0.493 e. The van der Waals surface area contributed by atoms with Crippen LogP contribution in [0.3, 0.4) is 0 Å². The summed E-state index contributed by atoms with van der Waals surface area (Å²) in [5.74, 6) is 1.60. The van der Waals surface area contributed by atoms with Crippen molar-refractivity contribution in [1.82, 2.24) is 9.97 Å². The molecule has 0 spiro atoms. The molecular formula is C14H19N3O3. The van der Waals surface area contributed by atoms with Gasteiger partial charge in [0.1, 0.15) is 5.75 Å². The first-order valence-electron chi connectivity index (χ1n) is 6.65. The monoisotopic (exact) mass is 277 g/mol. The van der Waals surface area contributed by atoms with Gasteiger partial charge in [-0.3, -0.25) is 5.32 Å². The second kappa shape index (κ2) is 6.27. The maximum Gasteiger partial charge on any atom is 0.413 e. The molecule has 0 aliphatic rings. The predicted octanol–water partition coefficient (Wildman–Crippen LogP) is 3.17. The number of hydrogen-bond acceptors (Lipinski definition) is 4. The molecular weight excluding hydrogens is 258 g/mol. The Morgan fingerprint density at radius 1 is 1.45 bits per heavy atom. The van der Waals surface area contributed by atoms with Crippen LogP contribution in [0.5, 0.6) is 5.75 Å². The van der Waals surface area contributed by atoms with Crippen LogP contribution < -0.4 is 10.1 Å². The fourth-order valence-corrected chi connectivity index (χ4v) is 1.66. The van der Waals surface area contributed by atoms with Crippen LogP contribution in [0.25, 0.3) is 11.0 Å². The van der Waals surface area contributed by atoms with E-state index in [1.807, 2.05) is 18.2 Å². The largest absolute Gasteiger partial charge is 0.493 e. The number of nitrogens with one attached hydrogen (secondary N) is 2. The van der Waals surface area contributed by atoms with Crippen molar-refractivity contribution in [1.29, 1.82) is 0 Å². The van der Waals surface area contributed by atoms with Gasteiger partial charge in [0.2, 0.25) is 5.95 Å².